The molecule has 2 aromatic rings. The molecule has 1 aliphatic rings. The summed E-state index contributed by atoms with van der Waals surface area (Å²) in [6, 6.07) is 8.88. The van der Waals surface area contributed by atoms with Crippen LogP contribution in [0.1, 0.15) is 32.6 Å². The number of fused-ring (bicyclic) bond motifs is 1. The Morgan fingerprint density at radius 3 is 3.00 bits per heavy atom. The van der Waals surface area contributed by atoms with Gasteiger partial charge in [-0.05, 0) is 31.9 Å². The fourth-order valence-corrected chi connectivity index (χ4v) is 3.17. The van der Waals surface area contributed by atoms with E-state index in [2.05, 4.69) is 39.5 Å². The summed E-state index contributed by atoms with van der Waals surface area (Å²) in [6.07, 6.45) is 6.98. The fraction of sp³-hybridized carbons (Fsp3) is 0.529. The van der Waals surface area contributed by atoms with E-state index in [1.54, 1.807) is 0 Å². The lowest BCUT2D eigenvalue weighted by atomic mass is 10.0. The van der Waals surface area contributed by atoms with Crippen LogP contribution in [0.5, 0.6) is 0 Å². The quantitative estimate of drug-likeness (QED) is 0.916. The predicted molar refractivity (Wildman–Crippen MR) is 87.7 cm³/mol. The van der Waals surface area contributed by atoms with E-state index < -0.39 is 0 Å². The number of rotatable bonds is 5. The Hall–Kier alpha value is -1.68. The Morgan fingerprint density at radius 2 is 2.19 bits per heavy atom. The van der Waals surface area contributed by atoms with Crippen LogP contribution in [0.2, 0.25) is 0 Å². The highest BCUT2D eigenvalue weighted by molar-refractivity contribution is 5.90. The summed E-state index contributed by atoms with van der Waals surface area (Å²) < 4.78 is 0. The molecule has 112 valence electrons. The molecule has 1 fully saturated rings. The molecule has 1 saturated heterocycles. The molecule has 4 heteroatoms. The minimum atomic E-state index is 0.595. The first-order valence-electron chi connectivity index (χ1n) is 8.07. The fourth-order valence-electron chi connectivity index (χ4n) is 3.17. The molecule has 1 atom stereocenters. The summed E-state index contributed by atoms with van der Waals surface area (Å²) in [6.45, 7) is 5.51. The molecule has 0 spiro atoms. The molecule has 1 N–H and O–H groups in total. The first kappa shape index (κ1) is 14.3. The molecule has 0 amide bonds. The lowest BCUT2D eigenvalue weighted by Crippen LogP contribution is -2.44. The Morgan fingerprint density at radius 1 is 1.29 bits per heavy atom. The van der Waals surface area contributed by atoms with Crippen molar-refractivity contribution in [2.75, 3.05) is 24.5 Å². The normalized spacial score (nSPS) is 18.8. The van der Waals surface area contributed by atoms with Crippen LogP contribution in [0.3, 0.4) is 0 Å². The zero-order valence-corrected chi connectivity index (χ0v) is 12.8. The smallest absolute Gasteiger partial charge is 0.0950 e. The molecule has 21 heavy (non-hydrogen) atoms. The van der Waals surface area contributed by atoms with E-state index in [0.29, 0.717) is 6.04 Å². The molecule has 4 nitrogen and oxygen atoms in total. The van der Waals surface area contributed by atoms with Gasteiger partial charge in [0.25, 0.3) is 0 Å². The molecule has 0 bridgehead atoms. The van der Waals surface area contributed by atoms with Gasteiger partial charge in [-0.15, -0.1) is 0 Å². The van der Waals surface area contributed by atoms with Crippen LogP contribution in [-0.4, -0.2) is 35.9 Å². The summed E-state index contributed by atoms with van der Waals surface area (Å²) in [5.41, 5.74) is 2.20. The summed E-state index contributed by atoms with van der Waals surface area (Å²) in [7, 11) is 0. The maximum Gasteiger partial charge on any atom is 0.0950 e. The summed E-state index contributed by atoms with van der Waals surface area (Å²) in [5.74, 6) is 0. The second-order valence-corrected chi connectivity index (χ2v) is 5.84. The standard InChI is InChI=1S/C17H24N4/c1-2-11-21(13-14-7-5-6-10-18-14)17-12-19-20-16-9-4-3-8-15(16)17/h3-4,8-9,12,14,18H,2,5-7,10-11,13H2,1H3. The summed E-state index contributed by atoms with van der Waals surface area (Å²) in [4.78, 5) is 2.47. The van der Waals surface area contributed by atoms with Gasteiger partial charge < -0.3 is 10.2 Å². The van der Waals surface area contributed by atoms with Crippen LogP contribution in [0, 0.1) is 0 Å². The van der Waals surface area contributed by atoms with Crippen LogP contribution < -0.4 is 10.2 Å². The Labute approximate surface area is 126 Å². The van der Waals surface area contributed by atoms with Gasteiger partial charge in [-0.2, -0.15) is 10.2 Å². The summed E-state index contributed by atoms with van der Waals surface area (Å²) >= 11 is 0. The molecule has 1 aliphatic heterocycles. The number of piperidine rings is 1. The highest BCUT2D eigenvalue weighted by atomic mass is 15.2. The zero-order valence-electron chi connectivity index (χ0n) is 12.8. The Bertz CT molecular complexity index is 573. The average molecular weight is 284 g/mol. The zero-order chi connectivity index (χ0) is 14.5. The van der Waals surface area contributed by atoms with Gasteiger partial charge >= 0.3 is 0 Å². The first-order valence-corrected chi connectivity index (χ1v) is 8.07. The van der Waals surface area contributed by atoms with Gasteiger partial charge in [0.1, 0.15) is 0 Å². The van der Waals surface area contributed by atoms with Crippen LogP contribution in [0.4, 0.5) is 5.69 Å². The van der Waals surface area contributed by atoms with Gasteiger partial charge in [-0.1, -0.05) is 31.5 Å². The van der Waals surface area contributed by atoms with Crippen molar-refractivity contribution >= 4 is 16.6 Å². The largest absolute Gasteiger partial charge is 0.368 e. The van der Waals surface area contributed by atoms with Gasteiger partial charge in [-0.3, -0.25) is 0 Å². The predicted octanol–water partition coefficient (Wildman–Crippen LogP) is 2.99. The van der Waals surface area contributed by atoms with E-state index in [-0.39, 0.29) is 0 Å². The summed E-state index contributed by atoms with van der Waals surface area (Å²) in [5, 5.41) is 13.3. The molecule has 3 rings (SSSR count). The van der Waals surface area contributed by atoms with E-state index in [9.17, 15) is 0 Å². The van der Waals surface area contributed by atoms with Crippen LogP contribution in [0.15, 0.2) is 30.5 Å². The highest BCUT2D eigenvalue weighted by Crippen LogP contribution is 2.25. The van der Waals surface area contributed by atoms with Gasteiger partial charge in [-0.25, -0.2) is 0 Å². The molecular formula is C17H24N4. The molecule has 0 radical (unpaired) electrons. The number of nitrogens with one attached hydrogen (secondary N) is 1. The van der Waals surface area contributed by atoms with Gasteiger partial charge in [0, 0.05) is 24.5 Å². The van der Waals surface area contributed by atoms with Crippen molar-refractivity contribution in [2.24, 2.45) is 0 Å². The minimum absolute atomic E-state index is 0.595. The molecule has 0 aliphatic carbocycles. The van der Waals surface area contributed by atoms with Gasteiger partial charge in [0.05, 0.1) is 17.4 Å². The Kier molecular flexibility index (Phi) is 4.65. The number of anilines is 1. The van der Waals surface area contributed by atoms with Crippen molar-refractivity contribution in [3.05, 3.63) is 30.5 Å². The van der Waals surface area contributed by atoms with E-state index in [1.807, 2.05) is 18.3 Å². The van der Waals surface area contributed by atoms with Crippen LogP contribution in [0.25, 0.3) is 10.9 Å². The van der Waals surface area contributed by atoms with E-state index in [1.165, 1.54) is 30.3 Å². The van der Waals surface area contributed by atoms with Crippen molar-refractivity contribution in [1.29, 1.82) is 0 Å². The Balaban J connectivity index is 1.87. The topological polar surface area (TPSA) is 41.0 Å². The van der Waals surface area contributed by atoms with Crippen molar-refractivity contribution < 1.29 is 0 Å². The third-order valence-corrected chi connectivity index (χ3v) is 4.21. The molecule has 1 aromatic carbocycles. The van der Waals surface area contributed by atoms with E-state index in [4.69, 9.17) is 0 Å². The highest BCUT2D eigenvalue weighted by Gasteiger charge is 2.18. The molecule has 1 unspecified atom stereocenters. The minimum Gasteiger partial charge on any atom is -0.368 e. The second kappa shape index (κ2) is 6.85. The van der Waals surface area contributed by atoms with E-state index >= 15 is 0 Å². The number of hydrogen-bond donors (Lipinski definition) is 1. The van der Waals surface area contributed by atoms with Crippen molar-refractivity contribution in [2.45, 2.75) is 38.6 Å². The molecule has 1 aromatic heterocycles. The monoisotopic (exact) mass is 284 g/mol. The van der Waals surface area contributed by atoms with Crippen molar-refractivity contribution in [3.8, 4) is 0 Å². The number of aromatic nitrogens is 2. The molecule has 2 heterocycles. The van der Waals surface area contributed by atoms with Crippen molar-refractivity contribution in [1.82, 2.24) is 15.5 Å². The number of nitrogens with zero attached hydrogens (tertiary/aromatic N) is 3. The number of benzene rings is 1. The number of hydrogen-bond acceptors (Lipinski definition) is 4. The SMILES string of the molecule is CCCN(CC1CCCCN1)c1cnnc2ccccc12. The van der Waals surface area contributed by atoms with Gasteiger partial charge in [0.2, 0.25) is 0 Å². The van der Waals surface area contributed by atoms with Crippen molar-refractivity contribution in [3.63, 3.8) is 0 Å². The average Bonchev–Trinajstić information content (AvgIpc) is 2.55. The molecule has 0 saturated carbocycles. The lowest BCUT2D eigenvalue weighted by Gasteiger charge is -2.32. The maximum absolute atomic E-state index is 4.24. The van der Waals surface area contributed by atoms with Gasteiger partial charge in [0.15, 0.2) is 0 Å². The lowest BCUT2D eigenvalue weighted by molar-refractivity contribution is 0.399. The maximum atomic E-state index is 4.24. The third kappa shape index (κ3) is 3.32. The third-order valence-electron chi connectivity index (χ3n) is 4.21. The van der Waals surface area contributed by atoms with E-state index in [0.717, 1.165) is 31.6 Å². The van der Waals surface area contributed by atoms with Crippen LogP contribution in [-0.2, 0) is 0 Å². The second-order valence-electron chi connectivity index (χ2n) is 5.84. The van der Waals surface area contributed by atoms with Crippen LogP contribution >= 0.6 is 0 Å². The molecular weight excluding hydrogens is 260 g/mol. The first-order chi connectivity index (χ1) is 10.4.